The van der Waals surface area contributed by atoms with E-state index in [4.69, 9.17) is 9.72 Å². The second-order valence-corrected chi connectivity index (χ2v) is 6.57. The van der Waals surface area contributed by atoms with Crippen molar-refractivity contribution in [3.8, 4) is 11.4 Å². The molecule has 0 saturated carbocycles. The third kappa shape index (κ3) is 3.33. The quantitative estimate of drug-likeness (QED) is 0.710. The molecule has 0 amide bonds. The highest BCUT2D eigenvalue weighted by molar-refractivity contribution is 5.55. The van der Waals surface area contributed by atoms with Crippen LogP contribution < -0.4 is 10.5 Å². The smallest absolute Gasteiger partial charge is 0.255 e. The highest BCUT2D eigenvalue weighted by Crippen LogP contribution is 2.31. The van der Waals surface area contributed by atoms with Gasteiger partial charge in [-0.15, -0.1) is 0 Å². The van der Waals surface area contributed by atoms with Gasteiger partial charge in [0.15, 0.2) is 0 Å². The van der Waals surface area contributed by atoms with Gasteiger partial charge in [-0.2, -0.15) is 0 Å². The fourth-order valence-electron chi connectivity index (χ4n) is 3.44. The van der Waals surface area contributed by atoms with Crippen molar-refractivity contribution in [2.24, 2.45) is 7.05 Å². The number of anilines is 1. The van der Waals surface area contributed by atoms with Crippen molar-refractivity contribution in [3.63, 3.8) is 0 Å². The van der Waals surface area contributed by atoms with Crippen LogP contribution in [-0.4, -0.2) is 38.7 Å². The van der Waals surface area contributed by atoms with Gasteiger partial charge >= 0.3 is 0 Å². The van der Waals surface area contributed by atoms with Crippen molar-refractivity contribution in [1.82, 2.24) is 19.5 Å². The highest BCUT2D eigenvalue weighted by Gasteiger charge is 2.32. The molecule has 1 aliphatic heterocycles. The number of rotatable bonds is 3. The van der Waals surface area contributed by atoms with Crippen LogP contribution in [0.25, 0.3) is 11.4 Å². The first-order chi connectivity index (χ1) is 13.1. The number of hydrogen-bond donors (Lipinski definition) is 0. The Hall–Kier alpha value is -3.06. The lowest BCUT2D eigenvalue weighted by Gasteiger charge is -2.40. The molecule has 1 saturated heterocycles. The van der Waals surface area contributed by atoms with E-state index in [0.717, 1.165) is 5.56 Å². The lowest BCUT2D eigenvalue weighted by Crippen LogP contribution is -2.48. The summed E-state index contributed by atoms with van der Waals surface area (Å²) in [5.74, 6) is 0.618. The van der Waals surface area contributed by atoms with E-state index < -0.39 is 0 Å². The lowest BCUT2D eigenvalue weighted by molar-refractivity contribution is 0.0136. The van der Waals surface area contributed by atoms with Crippen LogP contribution in [0.15, 0.2) is 59.8 Å². The molecule has 3 heterocycles. The van der Waals surface area contributed by atoms with Gasteiger partial charge in [-0.25, -0.2) is 15.0 Å². The molecule has 0 unspecified atom stereocenters. The summed E-state index contributed by atoms with van der Waals surface area (Å²) in [5.41, 5.74) is 2.17. The maximum Gasteiger partial charge on any atom is 0.255 e. The zero-order chi connectivity index (χ0) is 18.8. The maximum absolute atomic E-state index is 12.6. The maximum atomic E-state index is 12.6. The summed E-state index contributed by atoms with van der Waals surface area (Å²) in [6, 6.07) is 13.4. The summed E-state index contributed by atoms with van der Waals surface area (Å²) in [4.78, 5) is 27.6. The van der Waals surface area contributed by atoms with Gasteiger partial charge < -0.3 is 9.64 Å². The van der Waals surface area contributed by atoms with Gasteiger partial charge in [0, 0.05) is 25.9 Å². The van der Waals surface area contributed by atoms with Crippen LogP contribution in [0.4, 0.5) is 5.95 Å². The van der Waals surface area contributed by atoms with Gasteiger partial charge in [0.1, 0.15) is 12.4 Å². The standard InChI is InChI=1S/C20H21N5O2/c1-14-19(15-6-4-3-5-7-15)27-11-10-25(14)20-23-17(12-18(26)24(20)2)16-8-9-21-13-22-16/h3-9,12-14,19H,10-11H2,1-2H3/t14-,19-/m1/s1. The first-order valence-corrected chi connectivity index (χ1v) is 8.93. The Morgan fingerprint density at radius 2 is 1.96 bits per heavy atom. The average Bonchev–Trinajstić information content (AvgIpc) is 2.72. The minimum absolute atomic E-state index is 0.0277. The van der Waals surface area contributed by atoms with Crippen molar-refractivity contribution >= 4 is 5.95 Å². The number of ether oxygens (including phenoxy) is 1. The first kappa shape index (κ1) is 17.4. The topological polar surface area (TPSA) is 73.1 Å². The van der Waals surface area contributed by atoms with E-state index in [9.17, 15) is 4.79 Å². The van der Waals surface area contributed by atoms with Gasteiger partial charge in [-0.3, -0.25) is 9.36 Å². The van der Waals surface area contributed by atoms with Crippen molar-refractivity contribution < 1.29 is 4.74 Å². The van der Waals surface area contributed by atoms with Crippen molar-refractivity contribution in [3.05, 3.63) is 70.9 Å². The van der Waals surface area contributed by atoms with E-state index in [1.807, 2.05) is 18.2 Å². The molecule has 3 aromatic rings. The monoisotopic (exact) mass is 363 g/mol. The third-order valence-electron chi connectivity index (χ3n) is 4.90. The fourth-order valence-corrected chi connectivity index (χ4v) is 3.44. The Balaban J connectivity index is 1.74. The van der Waals surface area contributed by atoms with E-state index in [1.165, 1.54) is 12.4 Å². The Morgan fingerprint density at radius 3 is 2.70 bits per heavy atom. The van der Waals surface area contributed by atoms with E-state index in [0.29, 0.717) is 30.5 Å². The van der Waals surface area contributed by atoms with Crippen LogP contribution >= 0.6 is 0 Å². The van der Waals surface area contributed by atoms with Gasteiger partial charge in [-0.1, -0.05) is 30.3 Å². The largest absolute Gasteiger partial charge is 0.370 e. The minimum Gasteiger partial charge on any atom is -0.370 e. The van der Waals surface area contributed by atoms with Gasteiger partial charge in [0.25, 0.3) is 5.56 Å². The molecule has 7 heteroatoms. The summed E-state index contributed by atoms with van der Waals surface area (Å²) >= 11 is 0. The summed E-state index contributed by atoms with van der Waals surface area (Å²) < 4.78 is 7.61. The molecular formula is C20H21N5O2. The zero-order valence-corrected chi connectivity index (χ0v) is 15.3. The highest BCUT2D eigenvalue weighted by atomic mass is 16.5. The number of benzene rings is 1. The molecule has 0 spiro atoms. The zero-order valence-electron chi connectivity index (χ0n) is 15.3. The SMILES string of the molecule is C[C@@H]1[C@H](c2ccccc2)OCCN1c1nc(-c2ccncn2)cc(=O)n1C. The molecule has 7 nitrogen and oxygen atoms in total. The number of morpholine rings is 1. The van der Waals surface area contributed by atoms with Gasteiger partial charge in [-0.05, 0) is 18.6 Å². The van der Waals surface area contributed by atoms with Crippen molar-refractivity contribution in [2.75, 3.05) is 18.1 Å². The number of nitrogens with zero attached hydrogens (tertiary/aromatic N) is 5. The van der Waals surface area contributed by atoms with Gasteiger partial charge in [0.05, 0.1) is 24.0 Å². The molecule has 1 aliphatic rings. The van der Waals surface area contributed by atoms with Crippen molar-refractivity contribution in [1.29, 1.82) is 0 Å². The van der Waals surface area contributed by atoms with Crippen LogP contribution in [0, 0.1) is 0 Å². The first-order valence-electron chi connectivity index (χ1n) is 8.93. The molecular weight excluding hydrogens is 342 g/mol. The normalized spacial score (nSPS) is 19.9. The molecule has 27 heavy (non-hydrogen) atoms. The number of hydrogen-bond acceptors (Lipinski definition) is 6. The van der Waals surface area contributed by atoms with E-state index >= 15 is 0 Å². The molecule has 4 rings (SSSR count). The second-order valence-electron chi connectivity index (χ2n) is 6.57. The van der Waals surface area contributed by atoms with E-state index in [-0.39, 0.29) is 17.7 Å². The van der Waals surface area contributed by atoms with E-state index in [2.05, 4.69) is 33.9 Å². The van der Waals surface area contributed by atoms with Crippen LogP contribution in [0.3, 0.4) is 0 Å². The van der Waals surface area contributed by atoms with Crippen LogP contribution in [0.2, 0.25) is 0 Å². The predicted molar refractivity (Wildman–Crippen MR) is 102 cm³/mol. The molecule has 0 N–H and O–H groups in total. The summed E-state index contributed by atoms with van der Waals surface area (Å²) in [5, 5.41) is 0. The molecule has 1 fully saturated rings. The summed E-state index contributed by atoms with van der Waals surface area (Å²) in [7, 11) is 1.74. The Labute approximate surface area is 157 Å². The minimum atomic E-state index is -0.122. The van der Waals surface area contributed by atoms with Crippen LogP contribution in [0.1, 0.15) is 18.6 Å². The van der Waals surface area contributed by atoms with Crippen molar-refractivity contribution in [2.45, 2.75) is 19.1 Å². The van der Waals surface area contributed by atoms with E-state index in [1.54, 1.807) is 23.9 Å². The Kier molecular flexibility index (Phi) is 4.68. The summed E-state index contributed by atoms with van der Waals surface area (Å²) in [6.07, 6.45) is 3.01. The fraction of sp³-hybridized carbons (Fsp3) is 0.300. The Morgan fingerprint density at radius 1 is 1.15 bits per heavy atom. The predicted octanol–water partition coefficient (Wildman–Crippen LogP) is 2.20. The third-order valence-corrected chi connectivity index (χ3v) is 4.90. The molecule has 138 valence electrons. The van der Waals surface area contributed by atoms with Crippen LogP contribution in [-0.2, 0) is 11.8 Å². The Bertz CT molecular complexity index is 975. The lowest BCUT2D eigenvalue weighted by atomic mass is 10.0. The molecule has 0 aliphatic carbocycles. The van der Waals surface area contributed by atoms with Crippen LogP contribution in [0.5, 0.6) is 0 Å². The molecule has 0 radical (unpaired) electrons. The average molecular weight is 363 g/mol. The molecule has 1 aromatic carbocycles. The summed E-state index contributed by atoms with van der Waals surface area (Å²) in [6.45, 7) is 3.33. The molecule has 2 atom stereocenters. The molecule has 2 aromatic heterocycles. The van der Waals surface area contributed by atoms with Gasteiger partial charge in [0.2, 0.25) is 5.95 Å². The molecule has 0 bridgehead atoms. The number of aromatic nitrogens is 4. The second kappa shape index (κ2) is 7.28.